The molecule has 3 aliphatic heterocycles. The van der Waals surface area contributed by atoms with Gasteiger partial charge in [0.15, 0.2) is 6.10 Å². The third kappa shape index (κ3) is 10.4. The van der Waals surface area contributed by atoms with E-state index in [2.05, 4.69) is 18.3 Å². The van der Waals surface area contributed by atoms with E-state index in [1.165, 1.54) is 0 Å². The maximum Gasteiger partial charge on any atom is 0.410 e. The Morgan fingerprint density at radius 2 is 1.98 bits per heavy atom. The SMILES string of the molecule is CC[C@H](O)[C@@H](C)[C@H]1O[C@@H]1CC(C)/C=C/C=C(\C)C1OC(=O)CC(O)CCC(C)(OC)C(OC(=O)N2CCNCC2)C=CC1C. The highest BCUT2D eigenvalue weighted by Crippen LogP contribution is 2.36. The van der Waals surface area contributed by atoms with Gasteiger partial charge in [-0.05, 0) is 57.1 Å². The Hall–Kier alpha value is -2.24. The number of ether oxygens (including phenoxy) is 4. The van der Waals surface area contributed by atoms with Crippen LogP contribution >= 0.6 is 0 Å². The number of methoxy groups -OCH3 is 1. The lowest BCUT2D eigenvalue weighted by Gasteiger charge is -2.37. The van der Waals surface area contributed by atoms with Crippen molar-refractivity contribution in [1.82, 2.24) is 10.2 Å². The Morgan fingerprint density at radius 3 is 2.64 bits per heavy atom. The summed E-state index contributed by atoms with van der Waals surface area (Å²) in [6.07, 6.45) is 9.25. The lowest BCUT2D eigenvalue weighted by atomic mass is 9.88. The highest BCUT2D eigenvalue weighted by molar-refractivity contribution is 5.70. The van der Waals surface area contributed by atoms with E-state index in [9.17, 15) is 19.8 Å². The van der Waals surface area contributed by atoms with Gasteiger partial charge in [0.05, 0.1) is 30.8 Å². The van der Waals surface area contributed by atoms with E-state index in [1.807, 2.05) is 58.9 Å². The van der Waals surface area contributed by atoms with Crippen molar-refractivity contribution in [2.45, 2.75) is 116 Å². The second-order valence-electron chi connectivity index (χ2n) is 13.1. The van der Waals surface area contributed by atoms with Gasteiger partial charge in [-0.25, -0.2) is 4.79 Å². The highest BCUT2D eigenvalue weighted by atomic mass is 16.6. The molecule has 250 valence electrons. The third-order valence-corrected chi connectivity index (χ3v) is 9.39. The van der Waals surface area contributed by atoms with Gasteiger partial charge in [-0.15, -0.1) is 0 Å². The van der Waals surface area contributed by atoms with Crippen molar-refractivity contribution in [3.05, 3.63) is 36.0 Å². The second-order valence-corrected chi connectivity index (χ2v) is 13.1. The monoisotopic (exact) mass is 620 g/mol. The van der Waals surface area contributed by atoms with Gasteiger partial charge in [0, 0.05) is 45.1 Å². The van der Waals surface area contributed by atoms with Gasteiger partial charge in [-0.3, -0.25) is 4.79 Å². The number of aliphatic hydroxyl groups is 2. The molecule has 6 unspecified atom stereocenters. The van der Waals surface area contributed by atoms with Gasteiger partial charge < -0.3 is 39.4 Å². The number of esters is 1. The molecule has 0 saturated carbocycles. The number of amides is 1. The van der Waals surface area contributed by atoms with Gasteiger partial charge in [0.25, 0.3) is 0 Å². The number of allylic oxidation sites excluding steroid dienone is 3. The zero-order valence-electron chi connectivity index (χ0n) is 27.7. The van der Waals surface area contributed by atoms with Crippen LogP contribution in [0.15, 0.2) is 36.0 Å². The summed E-state index contributed by atoms with van der Waals surface area (Å²) in [7, 11) is 1.57. The molecule has 3 heterocycles. The molecule has 3 aliphatic rings. The molecule has 2 saturated heterocycles. The Balaban J connectivity index is 1.74. The molecule has 0 aromatic heterocycles. The molecule has 2 fully saturated rings. The first-order valence-corrected chi connectivity index (χ1v) is 16.3. The maximum atomic E-state index is 13.1. The average molecular weight is 621 g/mol. The van der Waals surface area contributed by atoms with E-state index >= 15 is 0 Å². The van der Waals surface area contributed by atoms with Crippen LogP contribution in [0.25, 0.3) is 0 Å². The van der Waals surface area contributed by atoms with E-state index in [0.29, 0.717) is 32.6 Å². The summed E-state index contributed by atoms with van der Waals surface area (Å²) in [4.78, 5) is 27.6. The van der Waals surface area contributed by atoms with Crippen LogP contribution < -0.4 is 5.32 Å². The fourth-order valence-corrected chi connectivity index (χ4v) is 6.02. The molecular weight excluding hydrogens is 564 g/mol. The Bertz CT molecular complexity index is 1020. The first-order chi connectivity index (χ1) is 20.9. The molecule has 3 N–H and O–H groups in total. The molecule has 3 rings (SSSR count). The van der Waals surface area contributed by atoms with Crippen molar-refractivity contribution in [1.29, 1.82) is 0 Å². The second kappa shape index (κ2) is 16.9. The number of rotatable bonds is 10. The molecule has 0 aromatic carbocycles. The van der Waals surface area contributed by atoms with E-state index in [0.717, 1.165) is 18.4 Å². The Morgan fingerprint density at radius 1 is 1.27 bits per heavy atom. The molecule has 0 bridgehead atoms. The fraction of sp³-hybridized carbons (Fsp3) is 0.765. The molecule has 10 heteroatoms. The minimum atomic E-state index is -0.916. The van der Waals surface area contributed by atoms with Crippen molar-refractivity contribution in [3.63, 3.8) is 0 Å². The van der Waals surface area contributed by atoms with Gasteiger partial charge >= 0.3 is 12.1 Å². The summed E-state index contributed by atoms with van der Waals surface area (Å²) in [6, 6.07) is 0. The van der Waals surface area contributed by atoms with Crippen LogP contribution in [0, 0.1) is 17.8 Å². The molecule has 44 heavy (non-hydrogen) atoms. The summed E-state index contributed by atoms with van der Waals surface area (Å²) in [6.45, 7) is 14.5. The lowest BCUT2D eigenvalue weighted by Crippen LogP contribution is -2.50. The number of aliphatic hydroxyl groups excluding tert-OH is 2. The quantitative estimate of drug-likeness (QED) is 0.143. The van der Waals surface area contributed by atoms with E-state index in [-0.39, 0.29) is 48.9 Å². The number of piperazine rings is 1. The number of hydrogen-bond donors (Lipinski definition) is 3. The smallest absolute Gasteiger partial charge is 0.410 e. The van der Waals surface area contributed by atoms with E-state index in [4.69, 9.17) is 18.9 Å². The maximum absolute atomic E-state index is 13.1. The first-order valence-electron chi connectivity index (χ1n) is 16.3. The summed E-state index contributed by atoms with van der Waals surface area (Å²) in [5.74, 6) is -0.316. The van der Waals surface area contributed by atoms with Crippen LogP contribution in [-0.2, 0) is 23.7 Å². The third-order valence-electron chi connectivity index (χ3n) is 9.39. The number of epoxide rings is 1. The minimum absolute atomic E-state index is 0.108. The zero-order valence-corrected chi connectivity index (χ0v) is 27.7. The normalized spacial score (nSPS) is 34.4. The topological polar surface area (TPSA) is 130 Å². The van der Waals surface area contributed by atoms with Crippen LogP contribution in [0.1, 0.15) is 73.6 Å². The first kappa shape index (κ1) is 36.2. The predicted octanol–water partition coefficient (Wildman–Crippen LogP) is 4.15. The standard InChI is InChI=1S/C34H56N2O8/c1-8-27(38)25(5)32-28(42-32)20-22(2)10-9-11-23(3)31-24(4)12-13-29(43-33(40)36-18-16-35-17-19-36)34(6,41-7)15-14-26(37)21-30(39)44-31/h9-13,22,24-29,31-32,35,37-38H,8,14-21H2,1-7H3/b10-9+,13-12?,23-11+/t22?,24?,25-,26?,27+,28-,29?,31?,32-,34?/m1/s1. The summed E-state index contributed by atoms with van der Waals surface area (Å²) in [5, 5.41) is 24.0. The van der Waals surface area contributed by atoms with Gasteiger partial charge in [0.1, 0.15) is 11.7 Å². The van der Waals surface area contributed by atoms with Crippen LogP contribution in [0.4, 0.5) is 4.79 Å². The number of hydrogen-bond acceptors (Lipinski definition) is 9. The fourth-order valence-electron chi connectivity index (χ4n) is 6.02. The Kier molecular flexibility index (Phi) is 13.9. The molecule has 0 aliphatic carbocycles. The van der Waals surface area contributed by atoms with Crippen LogP contribution in [0.5, 0.6) is 0 Å². The number of nitrogens with zero attached hydrogens (tertiary/aromatic N) is 1. The summed E-state index contributed by atoms with van der Waals surface area (Å²) in [5.41, 5.74) is -0.0467. The van der Waals surface area contributed by atoms with Gasteiger partial charge in [-0.2, -0.15) is 0 Å². The van der Waals surface area contributed by atoms with Crippen molar-refractivity contribution in [3.8, 4) is 0 Å². The summed E-state index contributed by atoms with van der Waals surface area (Å²) >= 11 is 0. The van der Waals surface area contributed by atoms with Gasteiger partial charge in [0.2, 0.25) is 0 Å². The largest absolute Gasteiger partial charge is 0.457 e. The Labute approximate surface area is 263 Å². The number of cyclic esters (lactones) is 1. The van der Waals surface area contributed by atoms with Crippen LogP contribution in [-0.4, -0.2) is 103 Å². The molecule has 10 atom stereocenters. The molecule has 10 nitrogen and oxygen atoms in total. The lowest BCUT2D eigenvalue weighted by molar-refractivity contribution is -0.151. The minimum Gasteiger partial charge on any atom is -0.457 e. The number of carbonyl (C=O) groups excluding carboxylic acids is 2. The summed E-state index contributed by atoms with van der Waals surface area (Å²) < 4.78 is 23.7. The van der Waals surface area contributed by atoms with Crippen molar-refractivity contribution >= 4 is 12.1 Å². The van der Waals surface area contributed by atoms with Gasteiger partial charge in [-0.1, -0.05) is 52.0 Å². The van der Waals surface area contributed by atoms with Crippen LogP contribution in [0.2, 0.25) is 0 Å². The molecular formula is C34H56N2O8. The predicted molar refractivity (Wildman–Crippen MR) is 169 cm³/mol. The zero-order chi connectivity index (χ0) is 32.4. The molecule has 0 radical (unpaired) electrons. The van der Waals surface area contributed by atoms with Crippen molar-refractivity contribution < 1.29 is 38.7 Å². The molecule has 0 aromatic rings. The molecule has 1 amide bonds. The number of nitrogens with one attached hydrogen (secondary N) is 1. The van der Waals surface area contributed by atoms with E-state index < -0.39 is 36.0 Å². The van der Waals surface area contributed by atoms with Crippen molar-refractivity contribution in [2.24, 2.45) is 17.8 Å². The number of carbonyl (C=O) groups is 2. The molecule has 0 spiro atoms. The average Bonchev–Trinajstić information content (AvgIpc) is 3.78. The highest BCUT2D eigenvalue weighted by Gasteiger charge is 2.45. The van der Waals surface area contributed by atoms with Crippen molar-refractivity contribution in [2.75, 3.05) is 33.3 Å². The van der Waals surface area contributed by atoms with E-state index in [1.54, 1.807) is 12.0 Å². The van der Waals surface area contributed by atoms with Crippen LogP contribution in [0.3, 0.4) is 0 Å².